The third-order valence-electron chi connectivity index (χ3n) is 9.61. The van der Waals surface area contributed by atoms with Gasteiger partial charge in [0.15, 0.2) is 0 Å². The molecule has 2 amide bonds. The maximum Gasteiger partial charge on any atom is 0.261 e. The van der Waals surface area contributed by atoms with Gasteiger partial charge in [-0.1, -0.05) is 73.2 Å². The molecule has 3 aromatic rings. The van der Waals surface area contributed by atoms with Crippen molar-refractivity contribution < 1.29 is 31.5 Å². The number of hydrogen-bond donors (Lipinski definition) is 1. The zero-order valence-electron chi connectivity index (χ0n) is 28.3. The molecule has 3 aromatic carbocycles. The van der Waals surface area contributed by atoms with Crippen molar-refractivity contribution in [2.24, 2.45) is 0 Å². The molecular formula is C37H47N3O7S2. The smallest absolute Gasteiger partial charge is 0.261 e. The Kier molecular flexibility index (Phi) is 12.1. The van der Waals surface area contributed by atoms with Gasteiger partial charge in [-0.2, -0.15) is 8.61 Å². The molecule has 264 valence electrons. The monoisotopic (exact) mass is 709 g/mol. The Bertz CT molecular complexity index is 1790. The quantitative estimate of drug-likeness (QED) is 0.153. The number of nitrogens with zero attached hydrogens (tertiary/aromatic N) is 3. The van der Waals surface area contributed by atoms with Gasteiger partial charge in [-0.25, -0.2) is 16.8 Å². The first-order valence-electron chi connectivity index (χ1n) is 17.2. The summed E-state index contributed by atoms with van der Waals surface area (Å²) >= 11 is 0. The van der Waals surface area contributed by atoms with Gasteiger partial charge in [0.05, 0.1) is 20.9 Å². The Morgan fingerprint density at radius 1 is 0.633 bits per heavy atom. The van der Waals surface area contributed by atoms with Gasteiger partial charge < -0.3 is 5.11 Å². The van der Waals surface area contributed by atoms with Crippen molar-refractivity contribution in [3.63, 3.8) is 0 Å². The molecule has 0 bridgehead atoms. The molecule has 1 N–H and O–H groups in total. The largest absolute Gasteiger partial charge is 0.396 e. The lowest BCUT2D eigenvalue weighted by Crippen LogP contribution is -2.57. The van der Waals surface area contributed by atoms with E-state index in [1.165, 1.54) is 13.5 Å². The standard InChI is InChI=1S/C37H47N3O7S2/c1-28-16-20-30(21-17-28)48(44,45)39(25-9-3-4-10-27-41)34-14-7-8-15-35(34)40(49(46,47)31-22-18-29(2)19-23-31)26-11-24-38-36(42)32-12-5-6-13-33(32)37(38)43/h5-6,12-13,16-23,34-35,41H,3-4,7-11,14-15,24-27H2,1-2H3/t34-,35-/m1/s1. The average molecular weight is 710 g/mol. The van der Waals surface area contributed by atoms with Crippen LogP contribution in [0.25, 0.3) is 0 Å². The van der Waals surface area contributed by atoms with Gasteiger partial charge in [-0.05, 0) is 82.3 Å². The third kappa shape index (κ3) is 8.15. The summed E-state index contributed by atoms with van der Waals surface area (Å²) in [7, 11) is -8.12. The van der Waals surface area contributed by atoms with Crippen LogP contribution in [0.3, 0.4) is 0 Å². The minimum Gasteiger partial charge on any atom is -0.396 e. The van der Waals surface area contributed by atoms with Crippen LogP contribution in [0.4, 0.5) is 0 Å². The lowest BCUT2D eigenvalue weighted by molar-refractivity contribution is 0.0646. The fraction of sp³-hybridized carbons (Fsp3) is 0.459. The van der Waals surface area contributed by atoms with Gasteiger partial charge in [-0.3, -0.25) is 14.5 Å². The number of carbonyl (C=O) groups excluding carboxylic acids is 2. The fourth-order valence-electron chi connectivity index (χ4n) is 6.94. The summed E-state index contributed by atoms with van der Waals surface area (Å²) in [6.45, 7) is 4.09. The highest BCUT2D eigenvalue weighted by Crippen LogP contribution is 2.35. The van der Waals surface area contributed by atoms with E-state index in [0.29, 0.717) is 36.8 Å². The van der Waals surface area contributed by atoms with Crippen molar-refractivity contribution in [3.8, 4) is 0 Å². The Labute approximate surface area is 290 Å². The van der Waals surface area contributed by atoms with E-state index in [-0.39, 0.29) is 42.5 Å². The molecule has 1 heterocycles. The van der Waals surface area contributed by atoms with Gasteiger partial charge in [0.25, 0.3) is 11.8 Å². The number of benzene rings is 3. The van der Waals surface area contributed by atoms with Gasteiger partial charge in [0, 0.05) is 38.3 Å². The molecule has 1 aliphatic heterocycles. The van der Waals surface area contributed by atoms with E-state index in [0.717, 1.165) is 36.8 Å². The Balaban J connectivity index is 1.48. The summed E-state index contributed by atoms with van der Waals surface area (Å²) in [4.78, 5) is 27.6. The molecular weight excluding hydrogens is 663 g/mol. The van der Waals surface area contributed by atoms with E-state index < -0.39 is 43.9 Å². The number of unbranched alkanes of at least 4 members (excludes halogenated alkanes) is 3. The van der Waals surface area contributed by atoms with Crippen LogP contribution in [0.2, 0.25) is 0 Å². The maximum atomic E-state index is 14.5. The SMILES string of the molecule is Cc1ccc(S(=O)(=O)N(CCCCCCO)[C@@H]2CCCC[C@H]2N(CCCN2C(=O)c3ccccc3C2=O)S(=O)(=O)c2ccc(C)cc2)cc1. The minimum absolute atomic E-state index is 0.000297. The molecule has 0 aromatic heterocycles. The maximum absolute atomic E-state index is 14.5. The summed E-state index contributed by atoms with van der Waals surface area (Å²) in [5.41, 5.74) is 2.50. The van der Waals surface area contributed by atoms with Crippen LogP contribution in [0.15, 0.2) is 82.6 Å². The van der Waals surface area contributed by atoms with Gasteiger partial charge in [-0.15, -0.1) is 0 Å². The minimum atomic E-state index is -4.11. The van der Waals surface area contributed by atoms with E-state index in [1.807, 2.05) is 13.8 Å². The number of aliphatic hydroxyl groups is 1. The number of rotatable bonds is 16. The van der Waals surface area contributed by atoms with Crippen molar-refractivity contribution in [1.29, 1.82) is 0 Å². The van der Waals surface area contributed by atoms with Gasteiger partial charge in [0.1, 0.15) is 0 Å². The molecule has 5 rings (SSSR count). The highest BCUT2D eigenvalue weighted by Gasteiger charge is 2.44. The molecule has 1 aliphatic carbocycles. The lowest BCUT2D eigenvalue weighted by atomic mass is 9.90. The molecule has 1 fully saturated rings. The summed E-state index contributed by atoms with van der Waals surface area (Å²) in [5.74, 6) is -0.804. The van der Waals surface area contributed by atoms with Crippen molar-refractivity contribution in [2.75, 3.05) is 26.2 Å². The molecule has 0 radical (unpaired) electrons. The molecule has 2 aliphatic rings. The highest BCUT2D eigenvalue weighted by atomic mass is 32.2. The van der Waals surface area contributed by atoms with Crippen LogP contribution in [0, 0.1) is 13.8 Å². The van der Waals surface area contributed by atoms with Crippen LogP contribution >= 0.6 is 0 Å². The van der Waals surface area contributed by atoms with E-state index in [2.05, 4.69) is 0 Å². The van der Waals surface area contributed by atoms with E-state index in [1.54, 1.807) is 72.8 Å². The van der Waals surface area contributed by atoms with Crippen molar-refractivity contribution in [2.45, 2.75) is 93.5 Å². The zero-order valence-corrected chi connectivity index (χ0v) is 30.0. The normalized spacial score (nSPS) is 18.4. The Hall–Kier alpha value is -3.42. The Morgan fingerprint density at radius 3 is 1.51 bits per heavy atom. The summed E-state index contributed by atoms with van der Waals surface area (Å²) < 4.78 is 60.8. The number of aliphatic hydroxyl groups excluding tert-OH is 1. The van der Waals surface area contributed by atoms with Gasteiger partial charge in [0.2, 0.25) is 20.0 Å². The predicted octanol–water partition coefficient (Wildman–Crippen LogP) is 5.54. The first-order valence-corrected chi connectivity index (χ1v) is 20.1. The lowest BCUT2D eigenvalue weighted by Gasteiger charge is -2.44. The predicted molar refractivity (Wildman–Crippen MR) is 188 cm³/mol. The second kappa shape index (κ2) is 16.1. The van der Waals surface area contributed by atoms with E-state index in [4.69, 9.17) is 0 Å². The second-order valence-electron chi connectivity index (χ2n) is 13.1. The summed E-state index contributed by atoms with van der Waals surface area (Å²) in [5, 5.41) is 9.27. The molecule has 10 nitrogen and oxygen atoms in total. The van der Waals surface area contributed by atoms with Crippen LogP contribution < -0.4 is 0 Å². The first-order chi connectivity index (χ1) is 23.5. The molecule has 0 spiro atoms. The van der Waals surface area contributed by atoms with Crippen molar-refractivity contribution >= 4 is 31.9 Å². The Morgan fingerprint density at radius 2 is 1.06 bits per heavy atom. The number of sulfonamides is 2. The molecule has 49 heavy (non-hydrogen) atoms. The fourth-order valence-corrected chi connectivity index (χ4v) is 10.4. The molecule has 0 unspecified atom stereocenters. The van der Waals surface area contributed by atoms with Crippen LogP contribution in [-0.2, 0) is 20.0 Å². The third-order valence-corrected chi connectivity index (χ3v) is 13.5. The number of carbonyl (C=O) groups is 2. The summed E-state index contributed by atoms with van der Waals surface area (Å²) in [6, 6.07) is 18.7. The first kappa shape index (κ1) is 36.9. The van der Waals surface area contributed by atoms with Gasteiger partial charge >= 0.3 is 0 Å². The highest BCUT2D eigenvalue weighted by molar-refractivity contribution is 7.89. The topological polar surface area (TPSA) is 132 Å². The van der Waals surface area contributed by atoms with Crippen molar-refractivity contribution in [3.05, 3.63) is 95.1 Å². The zero-order chi connectivity index (χ0) is 35.2. The van der Waals surface area contributed by atoms with E-state index >= 15 is 0 Å². The number of imide groups is 1. The molecule has 1 saturated carbocycles. The average Bonchev–Trinajstić information content (AvgIpc) is 3.33. The summed E-state index contributed by atoms with van der Waals surface area (Å²) in [6.07, 6.45) is 5.31. The molecule has 2 atom stereocenters. The van der Waals surface area contributed by atoms with Crippen molar-refractivity contribution in [1.82, 2.24) is 13.5 Å². The van der Waals surface area contributed by atoms with Crippen LogP contribution in [-0.4, -0.2) is 85.6 Å². The second-order valence-corrected chi connectivity index (χ2v) is 16.9. The number of hydrogen-bond acceptors (Lipinski definition) is 7. The number of amides is 2. The molecule has 12 heteroatoms. The molecule has 0 saturated heterocycles. The van der Waals surface area contributed by atoms with Crippen LogP contribution in [0.1, 0.15) is 89.6 Å². The van der Waals surface area contributed by atoms with Crippen LogP contribution in [0.5, 0.6) is 0 Å². The number of aryl methyl sites for hydroxylation is 2. The number of fused-ring (bicyclic) bond motifs is 1. The van der Waals surface area contributed by atoms with E-state index in [9.17, 15) is 31.5 Å².